The highest BCUT2D eigenvalue weighted by atomic mass is 32.2. The molecule has 1 N–H and O–H groups in total. The van der Waals surface area contributed by atoms with Crippen molar-refractivity contribution in [3.05, 3.63) is 35.4 Å². The number of hydrogen-bond donors (Lipinski definition) is 1. The van der Waals surface area contributed by atoms with E-state index in [1.807, 2.05) is 17.8 Å². The van der Waals surface area contributed by atoms with Crippen LogP contribution in [0.4, 0.5) is 0 Å². The van der Waals surface area contributed by atoms with Gasteiger partial charge in [0.1, 0.15) is 5.84 Å². The Kier molecular flexibility index (Phi) is 5.12. The van der Waals surface area contributed by atoms with Gasteiger partial charge in [-0.2, -0.15) is 11.8 Å². The number of amidine groups is 1. The van der Waals surface area contributed by atoms with Gasteiger partial charge in [-0.1, -0.05) is 37.1 Å². The predicted octanol–water partition coefficient (Wildman–Crippen LogP) is 3.75. The third kappa shape index (κ3) is 3.29. The minimum Gasteiger partial charge on any atom is -0.352 e. The molecule has 0 aromatic heterocycles. The summed E-state index contributed by atoms with van der Waals surface area (Å²) in [7, 11) is 0. The van der Waals surface area contributed by atoms with Crippen molar-refractivity contribution in [1.82, 2.24) is 4.90 Å². The van der Waals surface area contributed by atoms with Gasteiger partial charge in [-0.05, 0) is 30.4 Å². The maximum Gasteiger partial charge on any atom is 0.128 e. The second-order valence-corrected chi connectivity index (χ2v) is 5.82. The lowest BCUT2D eigenvalue weighted by Crippen LogP contribution is -2.24. The fourth-order valence-corrected chi connectivity index (χ4v) is 2.93. The Morgan fingerprint density at radius 2 is 1.94 bits per heavy atom. The zero-order valence-corrected chi connectivity index (χ0v) is 11.9. The fraction of sp³-hybridized carbons (Fsp3) is 0.533. The number of fused-ring (bicyclic) bond motifs is 1. The Hall–Kier alpha value is -0.960. The molecule has 2 nitrogen and oxygen atoms in total. The molecule has 1 heterocycles. The second kappa shape index (κ2) is 6.83. The minimum atomic E-state index is 0.717. The summed E-state index contributed by atoms with van der Waals surface area (Å²) >= 11 is 1.93. The Balaban J connectivity index is 1.72. The van der Waals surface area contributed by atoms with Crippen LogP contribution in [0, 0.1) is 5.41 Å². The smallest absolute Gasteiger partial charge is 0.128 e. The number of thioether (sulfide) groups is 1. The molecule has 98 valence electrons. The van der Waals surface area contributed by atoms with Crippen LogP contribution in [0.1, 0.15) is 36.8 Å². The van der Waals surface area contributed by atoms with Crippen LogP contribution in [-0.4, -0.2) is 29.3 Å². The number of unbranched alkanes of at least 4 members (excludes halogenated alkanes) is 3. The van der Waals surface area contributed by atoms with Gasteiger partial charge in [0.05, 0.1) is 0 Å². The predicted molar refractivity (Wildman–Crippen MR) is 80.5 cm³/mol. The van der Waals surface area contributed by atoms with Gasteiger partial charge in [-0.15, -0.1) is 0 Å². The number of benzene rings is 1. The van der Waals surface area contributed by atoms with Gasteiger partial charge in [0, 0.05) is 18.7 Å². The lowest BCUT2D eigenvalue weighted by molar-refractivity contribution is 0.409. The van der Waals surface area contributed by atoms with Crippen LogP contribution in [0.3, 0.4) is 0 Å². The SMILES string of the molecule is CSCCCCCCN1Cc2ccccc2C1=N. The number of rotatable bonds is 7. The molecule has 1 aromatic rings. The van der Waals surface area contributed by atoms with E-state index in [2.05, 4.69) is 29.4 Å². The van der Waals surface area contributed by atoms with Gasteiger partial charge < -0.3 is 4.90 Å². The molecule has 0 bridgehead atoms. The third-order valence-corrected chi connectivity index (χ3v) is 4.17. The van der Waals surface area contributed by atoms with Crippen molar-refractivity contribution in [3.63, 3.8) is 0 Å². The normalized spacial score (nSPS) is 14.1. The van der Waals surface area contributed by atoms with Crippen LogP contribution in [0.15, 0.2) is 24.3 Å². The van der Waals surface area contributed by atoms with Gasteiger partial charge in [0.15, 0.2) is 0 Å². The molecular formula is C15H22N2S. The highest BCUT2D eigenvalue weighted by molar-refractivity contribution is 7.98. The first-order chi connectivity index (χ1) is 8.83. The highest BCUT2D eigenvalue weighted by Gasteiger charge is 2.22. The third-order valence-electron chi connectivity index (χ3n) is 3.48. The van der Waals surface area contributed by atoms with E-state index in [9.17, 15) is 0 Å². The minimum absolute atomic E-state index is 0.717. The van der Waals surface area contributed by atoms with Crippen LogP contribution < -0.4 is 0 Å². The Labute approximate surface area is 114 Å². The Morgan fingerprint density at radius 3 is 2.72 bits per heavy atom. The average Bonchev–Trinajstić information content (AvgIpc) is 2.71. The molecule has 0 aliphatic carbocycles. The summed E-state index contributed by atoms with van der Waals surface area (Å²) in [5.74, 6) is 2.00. The largest absolute Gasteiger partial charge is 0.352 e. The van der Waals surface area contributed by atoms with Crippen LogP contribution in [0.5, 0.6) is 0 Å². The van der Waals surface area contributed by atoms with Crippen molar-refractivity contribution in [2.24, 2.45) is 0 Å². The highest BCUT2D eigenvalue weighted by Crippen LogP contribution is 2.22. The molecule has 2 rings (SSSR count). The molecule has 0 fully saturated rings. The molecule has 0 radical (unpaired) electrons. The Bertz CT molecular complexity index is 403. The van der Waals surface area contributed by atoms with E-state index < -0.39 is 0 Å². The average molecular weight is 262 g/mol. The molecule has 0 unspecified atom stereocenters. The molecular weight excluding hydrogens is 240 g/mol. The van der Waals surface area contributed by atoms with Crippen molar-refractivity contribution >= 4 is 17.6 Å². The van der Waals surface area contributed by atoms with E-state index in [1.165, 1.54) is 37.0 Å². The monoisotopic (exact) mass is 262 g/mol. The van der Waals surface area contributed by atoms with E-state index >= 15 is 0 Å². The summed E-state index contributed by atoms with van der Waals surface area (Å²) in [6, 6.07) is 8.30. The van der Waals surface area contributed by atoms with Crippen LogP contribution in [-0.2, 0) is 6.54 Å². The van der Waals surface area contributed by atoms with Crippen LogP contribution in [0.25, 0.3) is 0 Å². The first kappa shape index (κ1) is 13.5. The lowest BCUT2D eigenvalue weighted by atomic mass is 10.1. The lowest BCUT2D eigenvalue weighted by Gasteiger charge is -2.17. The van der Waals surface area contributed by atoms with E-state index in [4.69, 9.17) is 5.41 Å². The van der Waals surface area contributed by atoms with Crippen molar-refractivity contribution in [2.75, 3.05) is 18.6 Å². The van der Waals surface area contributed by atoms with Gasteiger partial charge >= 0.3 is 0 Å². The molecule has 18 heavy (non-hydrogen) atoms. The molecule has 0 spiro atoms. The molecule has 0 saturated heterocycles. The molecule has 0 saturated carbocycles. The van der Waals surface area contributed by atoms with Gasteiger partial charge in [-0.25, -0.2) is 0 Å². The zero-order chi connectivity index (χ0) is 12.8. The van der Waals surface area contributed by atoms with Crippen molar-refractivity contribution < 1.29 is 0 Å². The maximum atomic E-state index is 8.16. The summed E-state index contributed by atoms with van der Waals surface area (Å²) in [6.45, 7) is 1.96. The molecule has 3 heteroatoms. The standard InChI is InChI=1S/C15H22N2S/c1-18-11-7-3-2-6-10-17-12-13-8-4-5-9-14(13)15(17)16/h4-5,8-9,16H,2-3,6-7,10-12H2,1H3. The van der Waals surface area contributed by atoms with Crippen molar-refractivity contribution in [1.29, 1.82) is 5.41 Å². The first-order valence-corrected chi connectivity index (χ1v) is 8.13. The summed E-state index contributed by atoms with van der Waals surface area (Å²) in [6.07, 6.45) is 7.34. The quantitative estimate of drug-likeness (QED) is 0.758. The Morgan fingerprint density at radius 1 is 1.17 bits per heavy atom. The first-order valence-electron chi connectivity index (χ1n) is 6.73. The van der Waals surface area contributed by atoms with Crippen molar-refractivity contribution in [3.8, 4) is 0 Å². The van der Waals surface area contributed by atoms with Crippen LogP contribution in [0.2, 0.25) is 0 Å². The van der Waals surface area contributed by atoms with E-state index in [0.29, 0.717) is 0 Å². The van der Waals surface area contributed by atoms with E-state index in [1.54, 1.807) is 0 Å². The topological polar surface area (TPSA) is 27.1 Å². The second-order valence-electron chi connectivity index (χ2n) is 4.83. The number of nitrogens with one attached hydrogen (secondary N) is 1. The number of hydrogen-bond acceptors (Lipinski definition) is 2. The van der Waals surface area contributed by atoms with E-state index in [-0.39, 0.29) is 0 Å². The number of nitrogens with zero attached hydrogens (tertiary/aromatic N) is 1. The van der Waals surface area contributed by atoms with Crippen molar-refractivity contribution in [2.45, 2.75) is 32.2 Å². The van der Waals surface area contributed by atoms with Gasteiger partial charge in [0.2, 0.25) is 0 Å². The zero-order valence-electron chi connectivity index (χ0n) is 11.1. The molecule has 1 aliphatic rings. The van der Waals surface area contributed by atoms with E-state index in [0.717, 1.165) is 24.5 Å². The summed E-state index contributed by atoms with van der Waals surface area (Å²) < 4.78 is 0. The molecule has 1 aliphatic heterocycles. The molecule has 0 atom stereocenters. The van der Waals surface area contributed by atoms with Gasteiger partial charge in [0.25, 0.3) is 0 Å². The maximum absolute atomic E-state index is 8.16. The summed E-state index contributed by atoms with van der Waals surface area (Å²) in [4.78, 5) is 2.21. The van der Waals surface area contributed by atoms with Crippen LogP contribution >= 0.6 is 11.8 Å². The fourth-order valence-electron chi connectivity index (χ4n) is 2.44. The van der Waals surface area contributed by atoms with Gasteiger partial charge in [-0.3, -0.25) is 5.41 Å². The molecule has 0 amide bonds. The molecule has 1 aromatic carbocycles. The summed E-state index contributed by atoms with van der Waals surface area (Å²) in [5.41, 5.74) is 2.43. The summed E-state index contributed by atoms with van der Waals surface area (Å²) in [5, 5.41) is 8.16.